The lowest BCUT2D eigenvalue weighted by molar-refractivity contribution is -0.134. The number of carbonyl (C=O) groups excluding carboxylic acids is 1. The summed E-state index contributed by atoms with van der Waals surface area (Å²) in [7, 11) is 0. The number of hydrogen-bond acceptors (Lipinski definition) is 3. The first kappa shape index (κ1) is 16.6. The molecule has 0 atom stereocenters. The van der Waals surface area contributed by atoms with Crippen molar-refractivity contribution < 1.29 is 9.53 Å². The maximum absolute atomic E-state index is 12.4. The van der Waals surface area contributed by atoms with Gasteiger partial charge >= 0.3 is 0 Å². The summed E-state index contributed by atoms with van der Waals surface area (Å²) in [6.07, 6.45) is 0.568. The number of amides is 1. The molecule has 0 N–H and O–H groups in total. The number of benzene rings is 1. The molecule has 0 unspecified atom stereocenters. The topological polar surface area (TPSA) is 47.4 Å². The second-order valence-corrected chi connectivity index (χ2v) is 7.52. The summed E-state index contributed by atoms with van der Waals surface area (Å²) in [5.74, 6) is 0.834. The lowest BCUT2D eigenvalue weighted by Crippen LogP contribution is -2.39. The molecule has 24 heavy (non-hydrogen) atoms. The number of carbonyl (C=O) groups is 1. The van der Waals surface area contributed by atoms with Crippen molar-refractivity contribution in [1.82, 2.24) is 14.7 Å². The Morgan fingerprint density at radius 3 is 2.67 bits per heavy atom. The number of fused-ring (bicyclic) bond motifs is 1. The monoisotopic (exact) mass is 327 g/mol. The summed E-state index contributed by atoms with van der Waals surface area (Å²) in [5.41, 5.74) is 2.16. The Bertz CT molecular complexity index is 701. The van der Waals surface area contributed by atoms with Gasteiger partial charge in [0.2, 0.25) is 11.8 Å². The van der Waals surface area contributed by atoms with Crippen LogP contribution in [0.4, 0.5) is 0 Å². The average Bonchev–Trinajstić information content (AvgIpc) is 2.94. The molecule has 1 aromatic heterocycles. The third-order valence-corrected chi connectivity index (χ3v) is 4.04. The molecule has 128 valence electrons. The van der Waals surface area contributed by atoms with Crippen LogP contribution in [0.15, 0.2) is 36.4 Å². The normalized spacial score (nSPS) is 14.4. The number of aromatic nitrogens is 2. The molecule has 0 aliphatic carbocycles. The van der Waals surface area contributed by atoms with Gasteiger partial charge in [0.15, 0.2) is 0 Å². The zero-order chi connectivity index (χ0) is 17.2. The Kier molecular flexibility index (Phi) is 4.60. The van der Waals surface area contributed by atoms with Gasteiger partial charge in [-0.1, -0.05) is 51.1 Å². The molecule has 0 radical (unpaired) electrons. The fourth-order valence-corrected chi connectivity index (χ4v) is 2.82. The Morgan fingerprint density at radius 1 is 1.21 bits per heavy atom. The Balaban J connectivity index is 1.61. The van der Waals surface area contributed by atoms with Crippen LogP contribution in [0, 0.1) is 5.41 Å². The zero-order valence-corrected chi connectivity index (χ0v) is 14.7. The Hall–Kier alpha value is -2.30. The molecular formula is C19H25N3O2. The van der Waals surface area contributed by atoms with Crippen molar-refractivity contribution in [2.75, 3.05) is 6.54 Å². The minimum Gasteiger partial charge on any atom is -0.472 e. The van der Waals surface area contributed by atoms with E-state index in [-0.39, 0.29) is 11.3 Å². The summed E-state index contributed by atoms with van der Waals surface area (Å²) >= 11 is 0. The first-order chi connectivity index (χ1) is 11.4. The molecule has 3 rings (SSSR count). The second-order valence-electron chi connectivity index (χ2n) is 7.52. The molecule has 1 amide bonds. The fourth-order valence-electron chi connectivity index (χ4n) is 2.82. The molecular weight excluding hydrogens is 302 g/mol. The largest absolute Gasteiger partial charge is 0.472 e. The van der Waals surface area contributed by atoms with E-state index in [0.717, 1.165) is 17.8 Å². The van der Waals surface area contributed by atoms with Crippen LogP contribution in [0.25, 0.3) is 0 Å². The van der Waals surface area contributed by atoms with Crippen LogP contribution < -0.4 is 4.74 Å². The zero-order valence-electron chi connectivity index (χ0n) is 14.7. The van der Waals surface area contributed by atoms with Gasteiger partial charge in [0, 0.05) is 19.0 Å². The predicted molar refractivity (Wildman–Crippen MR) is 92.5 cm³/mol. The Labute approximate surface area is 143 Å². The van der Waals surface area contributed by atoms with Gasteiger partial charge in [0.05, 0.1) is 18.8 Å². The van der Waals surface area contributed by atoms with Crippen molar-refractivity contribution in [3.8, 4) is 5.88 Å². The molecule has 2 heterocycles. The standard InChI is InChI=1S/C19H25N3O2/c1-19(2,3)12-18(23)21-9-10-22-16(13-21)11-17(20-22)24-14-15-7-5-4-6-8-15/h4-8,11H,9-10,12-14H2,1-3H3. The van der Waals surface area contributed by atoms with Gasteiger partial charge in [-0.2, -0.15) is 0 Å². The lowest BCUT2D eigenvalue weighted by Gasteiger charge is -2.30. The molecule has 0 saturated carbocycles. The quantitative estimate of drug-likeness (QED) is 0.866. The number of hydrogen-bond donors (Lipinski definition) is 0. The molecule has 0 fully saturated rings. The van der Waals surface area contributed by atoms with E-state index >= 15 is 0 Å². The van der Waals surface area contributed by atoms with Crippen molar-refractivity contribution in [1.29, 1.82) is 0 Å². The van der Waals surface area contributed by atoms with Crippen molar-refractivity contribution in [2.45, 2.75) is 46.9 Å². The summed E-state index contributed by atoms with van der Waals surface area (Å²) < 4.78 is 7.73. The van der Waals surface area contributed by atoms with E-state index < -0.39 is 0 Å². The average molecular weight is 327 g/mol. The van der Waals surface area contributed by atoms with Crippen molar-refractivity contribution in [3.05, 3.63) is 47.7 Å². The van der Waals surface area contributed by atoms with Crippen molar-refractivity contribution in [3.63, 3.8) is 0 Å². The smallest absolute Gasteiger partial charge is 0.233 e. The van der Waals surface area contributed by atoms with E-state index in [2.05, 4.69) is 25.9 Å². The maximum atomic E-state index is 12.4. The van der Waals surface area contributed by atoms with E-state index in [0.29, 0.717) is 32.0 Å². The van der Waals surface area contributed by atoms with Crippen molar-refractivity contribution in [2.24, 2.45) is 5.41 Å². The Morgan fingerprint density at radius 2 is 1.96 bits per heavy atom. The van der Waals surface area contributed by atoms with Crippen LogP contribution in [0.3, 0.4) is 0 Å². The first-order valence-electron chi connectivity index (χ1n) is 8.42. The van der Waals surface area contributed by atoms with Gasteiger partial charge in [-0.15, -0.1) is 5.10 Å². The molecule has 1 aromatic carbocycles. The van der Waals surface area contributed by atoms with Crippen LogP contribution in [0.1, 0.15) is 38.4 Å². The van der Waals surface area contributed by atoms with E-state index in [9.17, 15) is 4.79 Å². The van der Waals surface area contributed by atoms with Gasteiger partial charge in [0.1, 0.15) is 6.61 Å². The van der Waals surface area contributed by atoms with Crippen LogP contribution in [0.5, 0.6) is 5.88 Å². The second kappa shape index (κ2) is 6.67. The lowest BCUT2D eigenvalue weighted by atomic mass is 9.91. The molecule has 0 spiro atoms. The van der Waals surface area contributed by atoms with Crippen LogP contribution >= 0.6 is 0 Å². The number of nitrogens with zero attached hydrogens (tertiary/aromatic N) is 3. The summed E-state index contributed by atoms with van der Waals surface area (Å²) in [6.45, 7) is 8.82. The van der Waals surface area contributed by atoms with Crippen LogP contribution in [-0.4, -0.2) is 27.1 Å². The highest BCUT2D eigenvalue weighted by molar-refractivity contribution is 5.76. The third kappa shape index (κ3) is 4.16. The van der Waals surface area contributed by atoms with E-state index in [1.54, 1.807) is 0 Å². The number of rotatable bonds is 4. The fraction of sp³-hybridized carbons (Fsp3) is 0.474. The number of ether oxygens (including phenoxy) is 1. The molecule has 5 nitrogen and oxygen atoms in total. The first-order valence-corrected chi connectivity index (χ1v) is 8.42. The molecule has 0 bridgehead atoms. The maximum Gasteiger partial charge on any atom is 0.233 e. The van der Waals surface area contributed by atoms with Gasteiger partial charge < -0.3 is 9.64 Å². The summed E-state index contributed by atoms with van der Waals surface area (Å²) in [6, 6.07) is 12.0. The van der Waals surface area contributed by atoms with Crippen LogP contribution in [0.2, 0.25) is 0 Å². The summed E-state index contributed by atoms with van der Waals surface area (Å²) in [4.78, 5) is 14.3. The van der Waals surface area contributed by atoms with Crippen LogP contribution in [-0.2, 0) is 24.5 Å². The van der Waals surface area contributed by atoms with Crippen molar-refractivity contribution >= 4 is 5.91 Å². The molecule has 1 aliphatic heterocycles. The SMILES string of the molecule is CC(C)(C)CC(=O)N1CCn2nc(OCc3ccccc3)cc2C1. The van der Waals surface area contributed by atoms with Gasteiger partial charge in [-0.25, -0.2) is 0 Å². The molecule has 0 saturated heterocycles. The van der Waals surface area contributed by atoms with Gasteiger partial charge in [0.25, 0.3) is 0 Å². The van der Waals surface area contributed by atoms with E-state index in [1.807, 2.05) is 46.0 Å². The van der Waals surface area contributed by atoms with Gasteiger partial charge in [-0.3, -0.25) is 9.48 Å². The minimum atomic E-state index is 0.0126. The highest BCUT2D eigenvalue weighted by Gasteiger charge is 2.25. The highest BCUT2D eigenvalue weighted by Crippen LogP contribution is 2.23. The predicted octanol–water partition coefficient (Wildman–Crippen LogP) is 3.24. The third-order valence-electron chi connectivity index (χ3n) is 4.04. The van der Waals surface area contributed by atoms with Gasteiger partial charge in [-0.05, 0) is 11.0 Å². The summed E-state index contributed by atoms with van der Waals surface area (Å²) in [5, 5.41) is 4.49. The van der Waals surface area contributed by atoms with E-state index in [4.69, 9.17) is 4.74 Å². The highest BCUT2D eigenvalue weighted by atomic mass is 16.5. The van der Waals surface area contributed by atoms with E-state index in [1.165, 1.54) is 0 Å². The molecule has 1 aliphatic rings. The minimum absolute atomic E-state index is 0.0126. The molecule has 2 aromatic rings. The molecule has 5 heteroatoms.